The Kier molecular flexibility index (Phi) is 7.38. The highest BCUT2D eigenvalue weighted by Crippen LogP contribution is 2.45. The van der Waals surface area contributed by atoms with Gasteiger partial charge in [-0.25, -0.2) is 4.98 Å². The van der Waals surface area contributed by atoms with Crippen molar-refractivity contribution in [3.8, 4) is 17.2 Å². The number of benzene rings is 2. The molecule has 0 saturated carbocycles. The van der Waals surface area contributed by atoms with Gasteiger partial charge in [0.15, 0.2) is 22.4 Å². The molecule has 1 unspecified atom stereocenters. The van der Waals surface area contributed by atoms with Gasteiger partial charge in [0, 0.05) is 12.5 Å². The third-order valence-electron chi connectivity index (χ3n) is 6.51. The zero-order valence-corrected chi connectivity index (χ0v) is 22.7. The number of unbranched alkanes of at least 4 members (excludes halogenated alkanes) is 1. The van der Waals surface area contributed by atoms with Crippen LogP contribution in [0.5, 0.6) is 17.2 Å². The van der Waals surface area contributed by atoms with E-state index in [2.05, 4.69) is 11.9 Å². The molecule has 0 bridgehead atoms. The minimum absolute atomic E-state index is 0.0976. The molecule has 3 heterocycles. The van der Waals surface area contributed by atoms with Gasteiger partial charge in [0.25, 0.3) is 5.78 Å². The van der Waals surface area contributed by atoms with Gasteiger partial charge in [0.1, 0.15) is 24.7 Å². The first-order valence-corrected chi connectivity index (χ1v) is 13.5. The summed E-state index contributed by atoms with van der Waals surface area (Å²) in [5.41, 5.74) is 1.23. The summed E-state index contributed by atoms with van der Waals surface area (Å²) in [6, 6.07) is 10.9. The predicted molar refractivity (Wildman–Crippen MR) is 146 cm³/mol. The summed E-state index contributed by atoms with van der Waals surface area (Å²) < 4.78 is 17.1. The van der Waals surface area contributed by atoms with Crippen molar-refractivity contribution in [2.75, 3.05) is 24.7 Å². The second-order valence-corrected chi connectivity index (χ2v) is 10.2. The fourth-order valence-electron chi connectivity index (χ4n) is 4.61. The maximum atomic E-state index is 13.5. The molecule has 1 saturated heterocycles. The van der Waals surface area contributed by atoms with E-state index < -0.39 is 17.7 Å². The number of fused-ring (bicyclic) bond motifs is 1. The summed E-state index contributed by atoms with van der Waals surface area (Å²) in [6.45, 7) is 6.46. The third-order valence-corrected chi connectivity index (χ3v) is 7.77. The monoisotopic (exact) mass is 548 g/mol. The molecule has 0 spiro atoms. The van der Waals surface area contributed by atoms with E-state index in [4.69, 9.17) is 14.2 Å². The fourth-order valence-corrected chi connectivity index (χ4v) is 5.60. The summed E-state index contributed by atoms with van der Waals surface area (Å²) in [4.78, 5) is 45.3. The molecule has 9 nitrogen and oxygen atoms in total. The number of ether oxygens (including phenoxy) is 3. The SMILES string of the molecule is CCCCOc1cccc(C2C(=C(O)c3ccc4c(c3)OCCO4)C(=O)C(=O)N2c2nc(C)c(C(C)=O)s2)c1. The molecule has 0 aliphatic carbocycles. The second kappa shape index (κ2) is 10.9. The van der Waals surface area contributed by atoms with Crippen LogP contribution >= 0.6 is 11.3 Å². The molecule has 202 valence electrons. The van der Waals surface area contributed by atoms with Crippen molar-refractivity contribution in [3.05, 3.63) is 69.7 Å². The smallest absolute Gasteiger partial charge is 0.301 e. The van der Waals surface area contributed by atoms with Crippen molar-refractivity contribution in [2.45, 2.75) is 39.7 Å². The number of ketones is 2. The largest absolute Gasteiger partial charge is 0.507 e. The second-order valence-electron chi connectivity index (χ2n) is 9.27. The minimum Gasteiger partial charge on any atom is -0.507 e. The van der Waals surface area contributed by atoms with Crippen molar-refractivity contribution in [2.24, 2.45) is 0 Å². The Labute approximate surface area is 229 Å². The van der Waals surface area contributed by atoms with Gasteiger partial charge in [-0.05, 0) is 49.2 Å². The van der Waals surface area contributed by atoms with Crippen molar-refractivity contribution in [3.63, 3.8) is 0 Å². The Morgan fingerprint density at radius 1 is 1.15 bits per heavy atom. The van der Waals surface area contributed by atoms with Gasteiger partial charge in [0.2, 0.25) is 0 Å². The molecular formula is C29H28N2O7S. The van der Waals surface area contributed by atoms with Gasteiger partial charge < -0.3 is 19.3 Å². The molecule has 1 amide bonds. The van der Waals surface area contributed by atoms with Crippen LogP contribution in [-0.4, -0.2) is 47.4 Å². The van der Waals surface area contributed by atoms with Crippen LogP contribution in [0.3, 0.4) is 0 Å². The number of rotatable bonds is 8. The molecule has 1 aromatic heterocycles. The highest BCUT2D eigenvalue weighted by molar-refractivity contribution is 7.18. The number of thiazole rings is 1. The lowest BCUT2D eigenvalue weighted by Gasteiger charge is -2.24. The quantitative estimate of drug-likeness (QED) is 0.134. The maximum absolute atomic E-state index is 13.5. The molecule has 1 atom stereocenters. The number of aliphatic hydroxyl groups is 1. The fraction of sp³-hybridized carbons (Fsp3) is 0.310. The Morgan fingerprint density at radius 3 is 2.64 bits per heavy atom. The van der Waals surface area contributed by atoms with E-state index in [0.29, 0.717) is 58.8 Å². The molecular weight excluding hydrogens is 520 g/mol. The van der Waals surface area contributed by atoms with Crippen LogP contribution in [0, 0.1) is 6.92 Å². The van der Waals surface area contributed by atoms with Gasteiger partial charge in [-0.3, -0.25) is 19.3 Å². The maximum Gasteiger partial charge on any atom is 0.301 e. The summed E-state index contributed by atoms with van der Waals surface area (Å²) in [5, 5.41) is 11.7. The van der Waals surface area contributed by atoms with Crippen molar-refractivity contribution in [1.82, 2.24) is 4.98 Å². The first-order valence-electron chi connectivity index (χ1n) is 12.7. The highest BCUT2D eigenvalue weighted by Gasteiger charge is 2.48. The number of carbonyl (C=O) groups excluding carboxylic acids is 3. The molecule has 3 aromatic rings. The molecule has 2 aliphatic heterocycles. The third kappa shape index (κ3) is 4.99. The number of anilines is 1. The molecule has 2 aliphatic rings. The Hall–Kier alpha value is -4.18. The van der Waals surface area contributed by atoms with Crippen LogP contribution in [0.15, 0.2) is 48.0 Å². The summed E-state index contributed by atoms with van der Waals surface area (Å²) in [6.07, 6.45) is 1.84. The molecule has 1 N–H and O–H groups in total. The van der Waals surface area contributed by atoms with Gasteiger partial charge in [-0.1, -0.05) is 36.8 Å². The molecule has 5 rings (SSSR count). The Bertz CT molecular complexity index is 1490. The van der Waals surface area contributed by atoms with E-state index in [1.165, 1.54) is 11.8 Å². The highest BCUT2D eigenvalue weighted by atomic mass is 32.1. The minimum atomic E-state index is -1.00. The van der Waals surface area contributed by atoms with E-state index in [1.807, 2.05) is 0 Å². The number of hydrogen-bond acceptors (Lipinski definition) is 9. The van der Waals surface area contributed by atoms with Gasteiger partial charge in [0.05, 0.1) is 28.8 Å². The molecule has 10 heteroatoms. The Balaban J connectivity index is 1.66. The van der Waals surface area contributed by atoms with Crippen LogP contribution in [0.25, 0.3) is 5.76 Å². The van der Waals surface area contributed by atoms with E-state index >= 15 is 0 Å². The molecule has 2 aromatic carbocycles. The summed E-state index contributed by atoms with van der Waals surface area (Å²) in [7, 11) is 0. The zero-order valence-electron chi connectivity index (χ0n) is 21.9. The normalized spacial score (nSPS) is 17.9. The van der Waals surface area contributed by atoms with Crippen LogP contribution < -0.4 is 19.1 Å². The molecule has 1 fully saturated rings. The number of hydrogen-bond donors (Lipinski definition) is 1. The number of Topliss-reactive ketones (excluding diaryl/α,β-unsaturated/α-hetero) is 2. The number of aliphatic hydroxyl groups excluding tert-OH is 1. The first-order chi connectivity index (χ1) is 18.8. The number of nitrogens with zero attached hydrogens (tertiary/aromatic N) is 2. The van der Waals surface area contributed by atoms with Gasteiger partial charge in [-0.15, -0.1) is 0 Å². The lowest BCUT2D eigenvalue weighted by molar-refractivity contribution is -0.132. The van der Waals surface area contributed by atoms with Gasteiger partial charge in [-0.2, -0.15) is 0 Å². The van der Waals surface area contributed by atoms with E-state index in [0.717, 1.165) is 24.2 Å². The average Bonchev–Trinajstić information content (AvgIpc) is 3.45. The van der Waals surface area contributed by atoms with Crippen molar-refractivity contribution in [1.29, 1.82) is 0 Å². The zero-order chi connectivity index (χ0) is 27.7. The summed E-state index contributed by atoms with van der Waals surface area (Å²) in [5.74, 6) is -0.708. The van der Waals surface area contributed by atoms with Crippen molar-refractivity contribution < 1.29 is 33.7 Å². The first kappa shape index (κ1) is 26.4. The lowest BCUT2D eigenvalue weighted by atomic mass is 9.95. The molecule has 39 heavy (non-hydrogen) atoms. The number of carbonyl (C=O) groups is 3. The van der Waals surface area contributed by atoms with Crippen LogP contribution in [-0.2, 0) is 9.59 Å². The van der Waals surface area contributed by atoms with E-state index in [9.17, 15) is 19.5 Å². The van der Waals surface area contributed by atoms with Crippen LogP contribution in [0.2, 0.25) is 0 Å². The predicted octanol–water partition coefficient (Wildman–Crippen LogP) is 5.23. The van der Waals surface area contributed by atoms with E-state index in [1.54, 1.807) is 49.4 Å². The van der Waals surface area contributed by atoms with Crippen molar-refractivity contribution >= 4 is 39.7 Å². The molecule has 0 radical (unpaired) electrons. The standard InChI is InChI=1S/C29H28N2O7S/c1-4-5-11-36-20-8-6-7-18(14-20)24-23(25(33)19-9-10-21-22(15-19)38-13-12-37-21)26(34)28(35)31(24)29-30-16(2)27(39-29)17(3)32/h6-10,14-15,24,33H,4-5,11-13H2,1-3H3. The number of aromatic nitrogens is 1. The average molecular weight is 549 g/mol. The number of amides is 1. The van der Waals surface area contributed by atoms with Crippen LogP contribution in [0.4, 0.5) is 5.13 Å². The van der Waals surface area contributed by atoms with Gasteiger partial charge >= 0.3 is 5.91 Å². The van der Waals surface area contributed by atoms with E-state index in [-0.39, 0.29) is 22.2 Å². The topological polar surface area (TPSA) is 115 Å². The number of aryl methyl sites for hydroxylation is 1. The lowest BCUT2D eigenvalue weighted by Crippen LogP contribution is -2.29. The van der Waals surface area contributed by atoms with Crippen LogP contribution in [0.1, 0.15) is 59.2 Å². The Morgan fingerprint density at radius 2 is 1.92 bits per heavy atom. The summed E-state index contributed by atoms with van der Waals surface area (Å²) >= 11 is 1.04.